The molecule has 0 amide bonds. The predicted octanol–water partition coefficient (Wildman–Crippen LogP) is 11.4. The molecular formula is C41H45IrN2O3-. The van der Waals surface area contributed by atoms with E-state index in [1.807, 2.05) is 72.7 Å². The minimum Gasteiger partial charge on any atom is -0.512 e. The maximum Gasteiger partial charge on any atom is 0.164 e. The van der Waals surface area contributed by atoms with Crippen molar-refractivity contribution in [3.05, 3.63) is 96.0 Å². The van der Waals surface area contributed by atoms with Crippen molar-refractivity contribution < 1.29 is 34.4 Å². The van der Waals surface area contributed by atoms with Crippen molar-refractivity contribution in [2.45, 2.75) is 81.1 Å². The van der Waals surface area contributed by atoms with E-state index in [0.717, 1.165) is 81.0 Å². The van der Waals surface area contributed by atoms with E-state index in [4.69, 9.17) is 14.4 Å². The molecule has 0 fully saturated rings. The minimum atomic E-state index is -0.337. The zero-order valence-electron chi connectivity index (χ0n) is 28.7. The number of nitrogens with zero attached hydrogens (tertiary/aromatic N) is 2. The van der Waals surface area contributed by atoms with Gasteiger partial charge in [0.25, 0.3) is 0 Å². The van der Waals surface area contributed by atoms with Crippen LogP contribution in [-0.2, 0) is 24.9 Å². The van der Waals surface area contributed by atoms with Gasteiger partial charge in [0.1, 0.15) is 17.2 Å². The maximum atomic E-state index is 12.2. The van der Waals surface area contributed by atoms with Crippen LogP contribution < -0.4 is 0 Å². The topological polar surface area (TPSA) is 76.2 Å². The number of aryl methyl sites for hydroxylation is 2. The van der Waals surface area contributed by atoms with Gasteiger partial charge in [0.15, 0.2) is 5.78 Å². The summed E-state index contributed by atoms with van der Waals surface area (Å²) in [5.74, 6) is 1.02. The van der Waals surface area contributed by atoms with Gasteiger partial charge in [0.05, 0.1) is 11.1 Å². The van der Waals surface area contributed by atoms with Crippen molar-refractivity contribution in [2.75, 3.05) is 0 Å². The van der Waals surface area contributed by atoms with Gasteiger partial charge in [0, 0.05) is 53.5 Å². The Labute approximate surface area is 291 Å². The van der Waals surface area contributed by atoms with Crippen molar-refractivity contribution in [1.29, 1.82) is 0 Å². The number of carbonyl (C=O) groups is 1. The van der Waals surface area contributed by atoms with Crippen LogP contribution in [0.5, 0.6) is 0 Å². The molecule has 5 nitrogen and oxygen atoms in total. The number of aliphatic hydroxyl groups excluding tert-OH is 1. The van der Waals surface area contributed by atoms with E-state index in [9.17, 15) is 9.90 Å². The van der Waals surface area contributed by atoms with E-state index in [2.05, 4.69) is 55.5 Å². The molecule has 247 valence electrons. The molecule has 0 bridgehead atoms. The van der Waals surface area contributed by atoms with Gasteiger partial charge in [0.2, 0.25) is 0 Å². The molecule has 47 heavy (non-hydrogen) atoms. The molecule has 4 aromatic carbocycles. The summed E-state index contributed by atoms with van der Waals surface area (Å²) in [6, 6.07) is 26.2. The standard InChI is InChI=1S/C26H17N2O.C15H28O2.Ir/c1-15-10-11-17-12-13-20-24(27-16(2)28-25(20)22(17)14-15)21-8-5-7-19-18-6-3-4-9-23(18)29-26(19)21;1-7-14(5,8-2)12(16)11-13(17)15(6,9-3)10-4;/h3-7,9-14H,1-2H3;11,16H,7-10H2,1-6H3;/q-1;;/b;12-11-;. The second-order valence-electron chi connectivity index (χ2n) is 12.9. The van der Waals surface area contributed by atoms with Crippen molar-refractivity contribution >= 4 is 49.4 Å². The van der Waals surface area contributed by atoms with Gasteiger partial charge in [-0.05, 0) is 62.4 Å². The fourth-order valence-corrected chi connectivity index (χ4v) is 5.88. The molecule has 1 N–H and O–H groups in total. The van der Waals surface area contributed by atoms with Crippen molar-refractivity contribution in [3.63, 3.8) is 0 Å². The van der Waals surface area contributed by atoms with Crippen LogP contribution in [0.1, 0.15) is 78.6 Å². The molecule has 0 atom stereocenters. The first-order valence-corrected chi connectivity index (χ1v) is 16.4. The van der Waals surface area contributed by atoms with Crippen LogP contribution in [-0.4, -0.2) is 20.9 Å². The number of fused-ring (bicyclic) bond motifs is 6. The molecule has 2 heterocycles. The van der Waals surface area contributed by atoms with Crippen LogP contribution in [0.4, 0.5) is 0 Å². The molecule has 6 aromatic rings. The van der Waals surface area contributed by atoms with Crippen LogP contribution in [0.2, 0.25) is 0 Å². The summed E-state index contributed by atoms with van der Waals surface area (Å²) in [4.78, 5) is 21.8. The van der Waals surface area contributed by atoms with Crippen molar-refractivity contribution in [1.82, 2.24) is 9.97 Å². The smallest absolute Gasteiger partial charge is 0.164 e. The van der Waals surface area contributed by atoms with Crippen molar-refractivity contribution in [3.8, 4) is 11.3 Å². The number of furan rings is 1. The molecule has 0 spiro atoms. The molecule has 0 saturated heterocycles. The Morgan fingerprint density at radius 1 is 0.830 bits per heavy atom. The van der Waals surface area contributed by atoms with Crippen LogP contribution in [0.3, 0.4) is 0 Å². The number of ketones is 1. The Morgan fingerprint density at radius 3 is 2.17 bits per heavy atom. The second kappa shape index (κ2) is 14.5. The van der Waals surface area contributed by atoms with E-state index in [0.29, 0.717) is 0 Å². The summed E-state index contributed by atoms with van der Waals surface area (Å²) < 4.78 is 6.24. The first-order valence-electron chi connectivity index (χ1n) is 16.4. The summed E-state index contributed by atoms with van der Waals surface area (Å²) in [6.45, 7) is 16.1. The van der Waals surface area contributed by atoms with Crippen LogP contribution in [0.15, 0.2) is 83.0 Å². The SMILES string of the molecule is CCC(C)(CC)C(=O)/C=C(\O)C(C)(CC)CC.Cc1ccc2ccc3c(-c4[c-]ccc5c4oc4ccccc45)nc(C)nc3c2c1.[Ir]. The summed E-state index contributed by atoms with van der Waals surface area (Å²) in [7, 11) is 0. The Balaban J connectivity index is 0.000000242. The zero-order valence-corrected chi connectivity index (χ0v) is 31.1. The van der Waals surface area contributed by atoms with E-state index < -0.39 is 0 Å². The number of rotatable bonds is 8. The normalized spacial score (nSPS) is 12.3. The average Bonchev–Trinajstić information content (AvgIpc) is 3.46. The maximum absolute atomic E-state index is 12.2. The van der Waals surface area contributed by atoms with Gasteiger partial charge in [-0.3, -0.25) is 9.78 Å². The Bertz CT molecular complexity index is 2080. The largest absolute Gasteiger partial charge is 0.512 e. The third-order valence-electron chi connectivity index (χ3n) is 10.1. The van der Waals surface area contributed by atoms with Gasteiger partial charge in [-0.1, -0.05) is 101 Å². The number of hydrogen-bond donors (Lipinski definition) is 1. The summed E-state index contributed by atoms with van der Waals surface area (Å²) in [6.07, 6.45) is 4.75. The molecule has 0 aliphatic heterocycles. The first kappa shape index (κ1) is 36.0. The number of benzene rings is 4. The summed E-state index contributed by atoms with van der Waals surface area (Å²) in [5, 5.41) is 15.7. The van der Waals surface area contributed by atoms with E-state index >= 15 is 0 Å². The second-order valence-corrected chi connectivity index (χ2v) is 12.9. The fourth-order valence-electron chi connectivity index (χ4n) is 5.88. The number of para-hydroxylation sites is 1. The van der Waals surface area contributed by atoms with Crippen LogP contribution in [0.25, 0.3) is 54.9 Å². The summed E-state index contributed by atoms with van der Waals surface area (Å²) in [5.41, 5.74) is 5.01. The first-order chi connectivity index (χ1) is 22.0. The molecule has 6 rings (SSSR count). The third-order valence-corrected chi connectivity index (χ3v) is 10.1. The molecule has 0 aliphatic carbocycles. The number of carbonyl (C=O) groups excluding carboxylic acids is 1. The van der Waals surface area contributed by atoms with Gasteiger partial charge >= 0.3 is 0 Å². The average molecular weight is 806 g/mol. The van der Waals surface area contributed by atoms with Crippen molar-refractivity contribution in [2.24, 2.45) is 10.8 Å². The minimum absolute atomic E-state index is 0. The Hall–Kier alpha value is -3.86. The Morgan fingerprint density at radius 2 is 1.49 bits per heavy atom. The number of aromatic nitrogens is 2. The molecule has 1 radical (unpaired) electrons. The zero-order chi connectivity index (χ0) is 33.2. The quantitative estimate of drug-likeness (QED) is 0.0717. The molecule has 2 aromatic heterocycles. The Kier molecular flexibility index (Phi) is 11.1. The van der Waals surface area contributed by atoms with E-state index in [1.165, 1.54) is 17.0 Å². The van der Waals surface area contributed by atoms with E-state index in [1.54, 1.807) is 0 Å². The monoisotopic (exact) mass is 806 g/mol. The predicted molar refractivity (Wildman–Crippen MR) is 191 cm³/mol. The fraction of sp³-hybridized carbons (Fsp3) is 0.341. The summed E-state index contributed by atoms with van der Waals surface area (Å²) >= 11 is 0. The van der Waals surface area contributed by atoms with Gasteiger partial charge in [-0.2, -0.15) is 0 Å². The third kappa shape index (κ3) is 6.91. The van der Waals surface area contributed by atoms with Crippen LogP contribution in [0, 0.1) is 30.7 Å². The van der Waals surface area contributed by atoms with Gasteiger partial charge in [-0.15, -0.1) is 18.2 Å². The molecule has 6 heteroatoms. The number of hydrogen-bond acceptors (Lipinski definition) is 5. The number of allylic oxidation sites excluding steroid dienone is 2. The molecule has 0 unspecified atom stereocenters. The molecular weight excluding hydrogens is 761 g/mol. The van der Waals surface area contributed by atoms with E-state index in [-0.39, 0.29) is 42.5 Å². The van der Waals surface area contributed by atoms with Crippen LogP contribution >= 0.6 is 0 Å². The molecule has 0 saturated carbocycles. The van der Waals surface area contributed by atoms with Gasteiger partial charge in [-0.25, -0.2) is 4.98 Å². The number of aliphatic hydroxyl groups is 1. The molecule has 0 aliphatic rings. The van der Waals surface area contributed by atoms with Gasteiger partial charge < -0.3 is 9.52 Å².